The molecule has 6 aromatic rings. The van der Waals surface area contributed by atoms with Crippen molar-refractivity contribution in [1.82, 2.24) is 0 Å². The molecule has 4 nitrogen and oxygen atoms in total. The molecule has 220 valence electrons. The first-order chi connectivity index (χ1) is 21.4. The predicted molar refractivity (Wildman–Crippen MR) is 171 cm³/mol. The van der Waals surface area contributed by atoms with Crippen LogP contribution in [-0.4, -0.2) is 24.4 Å². The molecule has 0 amide bonds. The van der Waals surface area contributed by atoms with Crippen LogP contribution in [0.2, 0.25) is 0 Å². The first kappa shape index (κ1) is 29.9. The molecule has 0 aliphatic heterocycles. The Morgan fingerprint density at radius 2 is 0.773 bits per heavy atom. The van der Waals surface area contributed by atoms with Crippen molar-refractivity contribution in [3.05, 3.63) is 145 Å². The van der Waals surface area contributed by atoms with Crippen LogP contribution < -0.4 is 9.47 Å². The van der Waals surface area contributed by atoms with E-state index in [0.717, 1.165) is 11.1 Å². The van der Waals surface area contributed by atoms with E-state index < -0.39 is 5.82 Å². The number of ether oxygens (including phenoxy) is 2. The van der Waals surface area contributed by atoms with Crippen LogP contribution in [-0.2, 0) is 0 Å². The van der Waals surface area contributed by atoms with Gasteiger partial charge in [-0.25, -0.2) is 8.78 Å². The van der Waals surface area contributed by atoms with Crippen molar-refractivity contribution >= 4 is 0 Å². The van der Waals surface area contributed by atoms with E-state index in [0.29, 0.717) is 33.8 Å². The number of phenols is 2. The zero-order valence-electron chi connectivity index (χ0n) is 24.2. The van der Waals surface area contributed by atoms with Crippen LogP contribution in [0.25, 0.3) is 44.5 Å². The number of phenolic OH excluding ortho intramolecular Hbond substituents is 2. The lowest BCUT2D eigenvalue weighted by atomic mass is 9.97. The Morgan fingerprint density at radius 1 is 0.409 bits per heavy atom. The summed E-state index contributed by atoms with van der Waals surface area (Å²) in [5, 5.41) is 19.8. The Kier molecular flexibility index (Phi) is 9.21. The highest BCUT2D eigenvalue weighted by atomic mass is 19.1. The summed E-state index contributed by atoms with van der Waals surface area (Å²) < 4.78 is 40.7. The van der Waals surface area contributed by atoms with Crippen molar-refractivity contribution in [2.24, 2.45) is 0 Å². The lowest BCUT2D eigenvalue weighted by Gasteiger charge is -2.15. The molecule has 44 heavy (non-hydrogen) atoms. The molecular formula is C38H30F2O4. The van der Waals surface area contributed by atoms with Gasteiger partial charge in [-0.2, -0.15) is 0 Å². The van der Waals surface area contributed by atoms with Gasteiger partial charge in [0.05, 0.1) is 25.3 Å². The van der Waals surface area contributed by atoms with Gasteiger partial charge in [-0.05, 0) is 35.4 Å². The van der Waals surface area contributed by atoms with E-state index in [-0.39, 0.29) is 28.4 Å². The number of aromatic hydroxyl groups is 2. The van der Waals surface area contributed by atoms with Crippen LogP contribution in [0.3, 0.4) is 0 Å². The molecule has 0 atom stereocenters. The number of hydrogen-bond acceptors (Lipinski definition) is 4. The number of hydrogen-bond donors (Lipinski definition) is 2. The van der Waals surface area contributed by atoms with E-state index in [1.807, 2.05) is 72.8 Å². The second-order valence-corrected chi connectivity index (χ2v) is 9.78. The van der Waals surface area contributed by atoms with E-state index in [4.69, 9.17) is 9.47 Å². The first-order valence-electron chi connectivity index (χ1n) is 13.8. The summed E-state index contributed by atoms with van der Waals surface area (Å²) in [4.78, 5) is 0. The Bertz CT molecular complexity index is 1830. The fourth-order valence-electron chi connectivity index (χ4n) is 5.05. The summed E-state index contributed by atoms with van der Waals surface area (Å²) in [7, 11) is 3.13. The summed E-state index contributed by atoms with van der Waals surface area (Å²) in [5.74, 6) is 0.0853. The molecule has 0 aliphatic rings. The van der Waals surface area contributed by atoms with Gasteiger partial charge in [0, 0.05) is 22.3 Å². The van der Waals surface area contributed by atoms with Gasteiger partial charge in [0.15, 0.2) is 0 Å². The number of rotatable bonds is 6. The van der Waals surface area contributed by atoms with E-state index in [2.05, 4.69) is 0 Å². The van der Waals surface area contributed by atoms with Crippen LogP contribution in [0.1, 0.15) is 0 Å². The fraction of sp³-hybridized carbons (Fsp3) is 0.0526. The predicted octanol–water partition coefficient (Wildman–Crippen LogP) is 9.75. The van der Waals surface area contributed by atoms with Crippen LogP contribution in [0.5, 0.6) is 23.0 Å². The maximum Gasteiger partial charge on any atom is 0.139 e. The summed E-state index contributed by atoms with van der Waals surface area (Å²) >= 11 is 0. The molecule has 0 bridgehead atoms. The van der Waals surface area contributed by atoms with Gasteiger partial charge in [0.1, 0.15) is 34.6 Å². The molecular weight excluding hydrogens is 558 g/mol. The molecule has 0 spiro atoms. The van der Waals surface area contributed by atoms with Gasteiger partial charge in [0.2, 0.25) is 0 Å². The number of halogens is 2. The van der Waals surface area contributed by atoms with Gasteiger partial charge in [-0.3, -0.25) is 0 Å². The smallest absolute Gasteiger partial charge is 0.139 e. The van der Waals surface area contributed by atoms with E-state index in [9.17, 15) is 14.6 Å². The molecule has 0 radical (unpaired) electrons. The summed E-state index contributed by atoms with van der Waals surface area (Å²) in [6, 6.07) is 38.7. The molecule has 6 heteroatoms. The van der Waals surface area contributed by atoms with Crippen molar-refractivity contribution in [3.8, 4) is 67.5 Å². The highest BCUT2D eigenvalue weighted by Gasteiger charge is 2.19. The highest BCUT2D eigenvalue weighted by Crippen LogP contribution is 2.42. The average molecular weight is 589 g/mol. The lowest BCUT2D eigenvalue weighted by molar-refractivity contribution is 0.397. The molecule has 0 aliphatic carbocycles. The quantitative estimate of drug-likeness (QED) is 0.203. The van der Waals surface area contributed by atoms with Crippen molar-refractivity contribution in [2.75, 3.05) is 14.2 Å². The van der Waals surface area contributed by atoms with Crippen molar-refractivity contribution in [1.29, 1.82) is 0 Å². The summed E-state index contributed by atoms with van der Waals surface area (Å²) in [6.45, 7) is 0. The Hall–Kier alpha value is -5.62. The van der Waals surface area contributed by atoms with Crippen LogP contribution >= 0.6 is 0 Å². The van der Waals surface area contributed by atoms with Gasteiger partial charge < -0.3 is 19.7 Å². The molecule has 0 aromatic heterocycles. The number of methoxy groups -OCH3 is 2. The summed E-state index contributed by atoms with van der Waals surface area (Å²) in [6.07, 6.45) is 0. The third-order valence-corrected chi connectivity index (χ3v) is 7.15. The maximum absolute atomic E-state index is 15.2. The fourth-order valence-corrected chi connectivity index (χ4v) is 5.05. The van der Waals surface area contributed by atoms with Gasteiger partial charge in [-0.15, -0.1) is 0 Å². The van der Waals surface area contributed by atoms with E-state index in [1.165, 1.54) is 24.3 Å². The third kappa shape index (κ3) is 6.10. The second-order valence-electron chi connectivity index (χ2n) is 9.78. The van der Waals surface area contributed by atoms with Crippen LogP contribution in [0, 0.1) is 11.6 Å². The minimum absolute atomic E-state index is 0.104. The minimum Gasteiger partial charge on any atom is -0.507 e. The van der Waals surface area contributed by atoms with Gasteiger partial charge >= 0.3 is 0 Å². The number of benzene rings is 6. The Morgan fingerprint density at radius 3 is 1.20 bits per heavy atom. The van der Waals surface area contributed by atoms with E-state index in [1.54, 1.807) is 50.6 Å². The van der Waals surface area contributed by atoms with Crippen LogP contribution in [0.15, 0.2) is 133 Å². The largest absolute Gasteiger partial charge is 0.507 e. The zero-order chi connectivity index (χ0) is 31.1. The molecule has 0 fully saturated rings. The molecule has 0 saturated heterocycles. The molecule has 6 rings (SSSR count). The summed E-state index contributed by atoms with van der Waals surface area (Å²) in [5.41, 5.74) is 3.91. The molecule has 0 heterocycles. The van der Waals surface area contributed by atoms with Gasteiger partial charge in [-0.1, -0.05) is 109 Å². The van der Waals surface area contributed by atoms with Crippen LogP contribution in [0.4, 0.5) is 8.78 Å². The normalized spacial score (nSPS) is 10.5. The van der Waals surface area contributed by atoms with Crippen molar-refractivity contribution in [3.63, 3.8) is 0 Å². The second kappa shape index (κ2) is 13.6. The SMILES string of the molecule is COc1cccc(OC)c1-c1cccc(-c2ccccc2)c1F.Oc1cccc(O)c1-c1cccc(-c2ccccc2)c1F. The topological polar surface area (TPSA) is 58.9 Å². The average Bonchev–Trinajstić information content (AvgIpc) is 3.06. The third-order valence-electron chi connectivity index (χ3n) is 7.15. The van der Waals surface area contributed by atoms with Gasteiger partial charge in [0.25, 0.3) is 0 Å². The maximum atomic E-state index is 15.2. The molecule has 2 N–H and O–H groups in total. The monoisotopic (exact) mass is 588 g/mol. The Labute approximate surface area is 255 Å². The first-order valence-corrected chi connectivity index (χ1v) is 13.8. The molecule has 0 unspecified atom stereocenters. The highest BCUT2D eigenvalue weighted by molar-refractivity contribution is 5.82. The van der Waals surface area contributed by atoms with E-state index >= 15 is 4.39 Å². The van der Waals surface area contributed by atoms with Crippen molar-refractivity contribution < 1.29 is 28.5 Å². The minimum atomic E-state index is -0.472. The lowest BCUT2D eigenvalue weighted by Crippen LogP contribution is -1.96. The standard InChI is InChI=1S/C20H17FO2.C18H13FO2/c1-22-17-12-7-13-18(23-2)19(17)16-11-6-10-15(20(16)21)14-8-4-3-5-9-14;19-18-13(12-6-2-1-3-7-12)8-4-9-14(18)17-15(20)10-5-11-16(17)21/h3-13H,1-2H3;1-11,20-21H. The zero-order valence-corrected chi connectivity index (χ0v) is 24.2. The molecule has 6 aromatic carbocycles. The Balaban J connectivity index is 0.000000175. The molecule has 0 saturated carbocycles. The van der Waals surface area contributed by atoms with Crippen molar-refractivity contribution in [2.45, 2.75) is 0 Å².